The van der Waals surface area contributed by atoms with E-state index in [2.05, 4.69) is 17.0 Å². The molecule has 2 aromatic carbocycles. The SMILES string of the molecule is C=c1[nH]n(-c2ccccc2)c(=O)/c1=C\Nc1ccc(S(=O)(=O)N2CCCCC2)cc1. The normalized spacial score (nSPS) is 15.9. The average Bonchev–Trinajstić information content (AvgIpc) is 3.07. The van der Waals surface area contributed by atoms with Crippen LogP contribution in [0, 0.1) is 0 Å². The summed E-state index contributed by atoms with van der Waals surface area (Å²) in [5.74, 6) is 0. The van der Waals surface area contributed by atoms with Crippen molar-refractivity contribution in [3.8, 4) is 5.69 Å². The number of nitrogens with zero attached hydrogens (tertiary/aromatic N) is 2. The first-order valence-corrected chi connectivity index (χ1v) is 11.3. The summed E-state index contributed by atoms with van der Waals surface area (Å²) >= 11 is 0. The van der Waals surface area contributed by atoms with Crippen molar-refractivity contribution >= 4 is 28.5 Å². The van der Waals surface area contributed by atoms with Crippen LogP contribution in [0.15, 0.2) is 64.3 Å². The van der Waals surface area contributed by atoms with Crippen molar-refractivity contribution in [1.82, 2.24) is 14.1 Å². The fourth-order valence-corrected chi connectivity index (χ4v) is 5.05. The predicted octanol–water partition coefficient (Wildman–Crippen LogP) is 1.60. The van der Waals surface area contributed by atoms with Crippen LogP contribution in [0.3, 0.4) is 0 Å². The molecule has 2 N–H and O–H groups in total. The zero-order valence-electron chi connectivity index (χ0n) is 16.5. The monoisotopic (exact) mass is 424 g/mol. The highest BCUT2D eigenvalue weighted by Gasteiger charge is 2.25. The minimum atomic E-state index is -3.46. The summed E-state index contributed by atoms with van der Waals surface area (Å²) in [5.41, 5.74) is 1.18. The van der Waals surface area contributed by atoms with Gasteiger partial charge in [-0.25, -0.2) is 13.1 Å². The maximum absolute atomic E-state index is 12.7. The Balaban J connectivity index is 1.56. The van der Waals surface area contributed by atoms with Crippen LogP contribution in [-0.4, -0.2) is 35.6 Å². The van der Waals surface area contributed by atoms with E-state index in [0.717, 1.165) is 24.9 Å². The van der Waals surface area contributed by atoms with Crippen LogP contribution in [0.25, 0.3) is 18.5 Å². The minimum Gasteiger partial charge on any atom is -0.361 e. The first kappa shape index (κ1) is 20.2. The standard InChI is InChI=1S/C22H24N4O3S/c1-17-21(22(27)26(24-17)19-8-4-2-5-9-19)16-23-18-10-12-20(13-11-18)30(28,29)25-14-6-3-7-15-25/h2,4-5,8-13,16,23-24H,1,3,6-7,14-15H2/b21-16-. The quantitative estimate of drug-likeness (QED) is 0.651. The Bertz CT molecular complexity index is 1290. The Morgan fingerprint density at radius 3 is 2.30 bits per heavy atom. The summed E-state index contributed by atoms with van der Waals surface area (Å²) in [4.78, 5) is 13.0. The van der Waals surface area contributed by atoms with Crippen LogP contribution in [0.2, 0.25) is 0 Å². The molecule has 0 aliphatic carbocycles. The summed E-state index contributed by atoms with van der Waals surface area (Å²) in [6.45, 7) is 5.05. The highest BCUT2D eigenvalue weighted by molar-refractivity contribution is 7.89. The van der Waals surface area contributed by atoms with Gasteiger partial charge >= 0.3 is 0 Å². The second kappa shape index (κ2) is 8.33. The molecular formula is C22H24N4O3S. The molecule has 30 heavy (non-hydrogen) atoms. The predicted molar refractivity (Wildman–Crippen MR) is 118 cm³/mol. The molecule has 1 aliphatic heterocycles. The number of benzene rings is 2. The van der Waals surface area contributed by atoms with E-state index < -0.39 is 10.0 Å². The van der Waals surface area contributed by atoms with Crippen molar-refractivity contribution in [2.24, 2.45) is 0 Å². The molecule has 0 atom stereocenters. The van der Waals surface area contributed by atoms with E-state index in [4.69, 9.17) is 0 Å². The molecule has 0 bridgehead atoms. The summed E-state index contributed by atoms with van der Waals surface area (Å²) in [7, 11) is -3.46. The molecule has 0 spiro atoms. The molecule has 1 aromatic heterocycles. The highest BCUT2D eigenvalue weighted by Crippen LogP contribution is 2.21. The lowest BCUT2D eigenvalue weighted by Gasteiger charge is -2.25. The summed E-state index contributed by atoms with van der Waals surface area (Å²) in [5, 5.41) is 6.92. The fraction of sp³-hybridized carbons (Fsp3) is 0.227. The van der Waals surface area contributed by atoms with Crippen molar-refractivity contribution in [3.05, 3.63) is 75.5 Å². The van der Waals surface area contributed by atoms with Crippen molar-refractivity contribution in [3.63, 3.8) is 0 Å². The van der Waals surface area contributed by atoms with E-state index in [0.29, 0.717) is 29.3 Å². The Kier molecular flexibility index (Phi) is 5.61. The van der Waals surface area contributed by atoms with E-state index in [1.165, 1.54) is 4.68 Å². The third kappa shape index (κ3) is 3.96. The smallest absolute Gasteiger partial charge is 0.280 e. The van der Waals surface area contributed by atoms with Crippen molar-refractivity contribution in [2.75, 3.05) is 18.4 Å². The molecule has 7 nitrogen and oxygen atoms in total. The van der Waals surface area contributed by atoms with Crippen molar-refractivity contribution in [2.45, 2.75) is 24.2 Å². The van der Waals surface area contributed by atoms with Crippen LogP contribution >= 0.6 is 0 Å². The summed E-state index contributed by atoms with van der Waals surface area (Å²) in [6.07, 6.45) is 4.45. The number of piperidine rings is 1. The molecule has 0 amide bonds. The lowest BCUT2D eigenvalue weighted by molar-refractivity contribution is 0.346. The lowest BCUT2D eigenvalue weighted by Crippen LogP contribution is -2.35. The van der Waals surface area contributed by atoms with E-state index >= 15 is 0 Å². The second-order valence-corrected chi connectivity index (χ2v) is 9.20. The zero-order chi connectivity index (χ0) is 21.1. The lowest BCUT2D eigenvalue weighted by atomic mass is 10.2. The van der Waals surface area contributed by atoms with Gasteiger partial charge in [0, 0.05) is 25.0 Å². The Labute approximate surface area is 175 Å². The molecule has 3 aromatic rings. The first-order valence-electron chi connectivity index (χ1n) is 9.89. The number of H-pyrrole nitrogens is 1. The number of hydrogen-bond acceptors (Lipinski definition) is 4. The maximum Gasteiger partial charge on any atom is 0.280 e. The van der Waals surface area contributed by atoms with E-state index in [9.17, 15) is 13.2 Å². The van der Waals surface area contributed by atoms with Gasteiger partial charge in [0.15, 0.2) is 0 Å². The highest BCUT2D eigenvalue weighted by atomic mass is 32.2. The molecule has 0 radical (unpaired) electrons. The number of sulfonamides is 1. The van der Waals surface area contributed by atoms with Gasteiger partial charge in [-0.15, -0.1) is 0 Å². The number of hydrogen-bond donors (Lipinski definition) is 2. The first-order chi connectivity index (χ1) is 14.5. The largest absolute Gasteiger partial charge is 0.361 e. The van der Waals surface area contributed by atoms with Gasteiger partial charge in [0.1, 0.15) is 0 Å². The molecule has 1 saturated heterocycles. The van der Waals surface area contributed by atoms with Gasteiger partial charge in [0.05, 0.1) is 21.2 Å². The Morgan fingerprint density at radius 2 is 1.63 bits per heavy atom. The Morgan fingerprint density at radius 1 is 0.967 bits per heavy atom. The number of aromatic nitrogens is 2. The molecule has 4 rings (SSSR count). The van der Waals surface area contributed by atoms with Gasteiger partial charge in [-0.2, -0.15) is 4.31 Å². The fourth-order valence-electron chi connectivity index (χ4n) is 3.54. The van der Waals surface area contributed by atoms with Gasteiger partial charge < -0.3 is 5.32 Å². The van der Waals surface area contributed by atoms with E-state index in [1.807, 2.05) is 30.3 Å². The topological polar surface area (TPSA) is 87.2 Å². The molecule has 2 heterocycles. The van der Waals surface area contributed by atoms with Gasteiger partial charge in [0.25, 0.3) is 5.56 Å². The molecule has 0 saturated carbocycles. The maximum atomic E-state index is 12.7. The molecular weight excluding hydrogens is 400 g/mol. The molecule has 0 unspecified atom stereocenters. The number of aromatic amines is 1. The zero-order valence-corrected chi connectivity index (χ0v) is 17.4. The summed E-state index contributed by atoms with van der Waals surface area (Å²) in [6, 6.07) is 15.8. The van der Waals surface area contributed by atoms with Crippen LogP contribution in [0.4, 0.5) is 5.69 Å². The number of nitrogens with one attached hydrogen (secondary N) is 2. The third-order valence-corrected chi connectivity index (χ3v) is 7.12. The van der Waals surface area contributed by atoms with Gasteiger partial charge in [-0.05, 0) is 49.2 Å². The van der Waals surface area contributed by atoms with Crippen LogP contribution in [0.1, 0.15) is 19.3 Å². The van der Waals surface area contributed by atoms with Crippen molar-refractivity contribution < 1.29 is 8.42 Å². The van der Waals surface area contributed by atoms with E-state index in [-0.39, 0.29) is 10.5 Å². The third-order valence-electron chi connectivity index (χ3n) is 5.21. The summed E-state index contributed by atoms with van der Waals surface area (Å²) < 4.78 is 28.5. The minimum absolute atomic E-state index is 0.219. The Hall–Kier alpha value is -3.10. The average molecular weight is 425 g/mol. The second-order valence-electron chi connectivity index (χ2n) is 7.26. The number of para-hydroxylation sites is 1. The number of anilines is 1. The van der Waals surface area contributed by atoms with Gasteiger partial charge in [-0.1, -0.05) is 31.2 Å². The van der Waals surface area contributed by atoms with E-state index in [1.54, 1.807) is 34.8 Å². The van der Waals surface area contributed by atoms with Crippen LogP contribution in [-0.2, 0) is 10.0 Å². The van der Waals surface area contributed by atoms with Gasteiger partial charge in [0.2, 0.25) is 10.0 Å². The van der Waals surface area contributed by atoms with Crippen molar-refractivity contribution in [1.29, 1.82) is 0 Å². The van der Waals surface area contributed by atoms with Gasteiger partial charge in [-0.3, -0.25) is 9.89 Å². The molecule has 1 fully saturated rings. The molecule has 156 valence electrons. The van der Waals surface area contributed by atoms with Crippen LogP contribution in [0.5, 0.6) is 0 Å². The van der Waals surface area contributed by atoms with Crippen LogP contribution < -0.4 is 21.4 Å². The molecule has 8 heteroatoms. The molecule has 1 aliphatic rings. The number of rotatable bonds is 5.